The third-order valence-electron chi connectivity index (χ3n) is 2.02. The Morgan fingerprint density at radius 2 is 2.00 bits per heavy atom. The Hall–Kier alpha value is 0.943. The second-order valence-corrected chi connectivity index (χ2v) is 2.92. The van der Waals surface area contributed by atoms with Gasteiger partial charge < -0.3 is 24.8 Å². The first-order valence-corrected chi connectivity index (χ1v) is 4.10. The van der Waals surface area contributed by atoms with Crippen LogP contribution in [0.5, 0.6) is 0 Å². The maximum absolute atomic E-state index is 3.23. The van der Waals surface area contributed by atoms with E-state index in [1.165, 1.54) is 24.8 Å². The molecule has 0 N–H and O–H groups in total. The molecule has 0 saturated carbocycles. The normalized spacial score (nSPS) is 13.1. The van der Waals surface area contributed by atoms with Crippen LogP contribution in [-0.4, -0.2) is 0 Å². The maximum atomic E-state index is 3.23. The molecule has 13 heavy (non-hydrogen) atoms. The average molecular weight is 297 g/mol. The SMILES string of the molecule is CCCCC1=C(C)C=[C-]C1.[Cl-].[Cl-].[Zr+3]. The molecule has 0 aromatic carbocycles. The first-order chi connectivity index (χ1) is 4.84. The molecule has 0 aromatic rings. The average Bonchev–Trinajstić information content (AvgIpc) is 2.31. The molecule has 0 aliphatic heterocycles. The van der Waals surface area contributed by atoms with Crippen LogP contribution in [0.4, 0.5) is 0 Å². The molecule has 3 heteroatoms. The van der Waals surface area contributed by atoms with Gasteiger partial charge in [0.1, 0.15) is 0 Å². The van der Waals surface area contributed by atoms with Gasteiger partial charge in [0.2, 0.25) is 0 Å². The molecule has 0 aromatic heterocycles. The standard InChI is InChI=1S/C10H15.2ClH.Zr/c1-3-4-7-10-8-5-6-9(10)2;;;/h6H,3-4,7-8H2,1-2H3;2*1H;/q-1;;;+3/p-2. The Labute approximate surface area is 113 Å². The molecule has 0 atom stereocenters. The van der Waals surface area contributed by atoms with E-state index in [0.717, 1.165) is 6.42 Å². The summed E-state index contributed by atoms with van der Waals surface area (Å²) in [4.78, 5) is 0. The minimum absolute atomic E-state index is 0. The van der Waals surface area contributed by atoms with Crippen molar-refractivity contribution in [2.75, 3.05) is 0 Å². The van der Waals surface area contributed by atoms with Crippen LogP contribution in [0, 0.1) is 6.08 Å². The number of unbranched alkanes of at least 4 members (excludes halogenated alkanes) is 1. The van der Waals surface area contributed by atoms with Gasteiger partial charge in [-0.2, -0.15) is 5.57 Å². The van der Waals surface area contributed by atoms with Crippen LogP contribution in [0.1, 0.15) is 39.5 Å². The van der Waals surface area contributed by atoms with Crippen LogP contribution < -0.4 is 24.8 Å². The summed E-state index contributed by atoms with van der Waals surface area (Å²) in [7, 11) is 0. The fraction of sp³-hybridized carbons (Fsp3) is 0.600. The Morgan fingerprint density at radius 3 is 2.38 bits per heavy atom. The molecule has 0 spiro atoms. The molecule has 1 rings (SSSR count). The molecule has 0 unspecified atom stereocenters. The minimum Gasteiger partial charge on any atom is -1.00 e. The van der Waals surface area contributed by atoms with E-state index in [1.807, 2.05) is 0 Å². The zero-order valence-electron chi connectivity index (χ0n) is 8.16. The molecule has 1 radical (unpaired) electrons. The quantitative estimate of drug-likeness (QED) is 0.496. The van der Waals surface area contributed by atoms with E-state index >= 15 is 0 Å². The Bertz CT molecular complexity index is 174. The smallest absolute Gasteiger partial charge is 1.00 e. The van der Waals surface area contributed by atoms with Crippen molar-refractivity contribution in [1.29, 1.82) is 0 Å². The third kappa shape index (κ3) is 6.94. The first-order valence-electron chi connectivity index (χ1n) is 4.10. The maximum Gasteiger partial charge on any atom is 3.00 e. The number of hydrogen-bond acceptors (Lipinski definition) is 0. The first kappa shape index (κ1) is 19.5. The van der Waals surface area contributed by atoms with Crippen molar-refractivity contribution in [2.45, 2.75) is 39.5 Å². The summed E-state index contributed by atoms with van der Waals surface area (Å²) in [5, 5.41) is 0. The Kier molecular flexibility index (Phi) is 16.5. The molecule has 0 heterocycles. The van der Waals surface area contributed by atoms with Gasteiger partial charge >= 0.3 is 26.2 Å². The van der Waals surface area contributed by atoms with E-state index in [0.29, 0.717) is 0 Å². The van der Waals surface area contributed by atoms with Gasteiger partial charge in [0.15, 0.2) is 0 Å². The third-order valence-corrected chi connectivity index (χ3v) is 2.02. The van der Waals surface area contributed by atoms with Crippen molar-refractivity contribution >= 4 is 0 Å². The second-order valence-electron chi connectivity index (χ2n) is 2.92. The molecule has 0 bridgehead atoms. The molecule has 0 nitrogen and oxygen atoms in total. The van der Waals surface area contributed by atoms with Crippen molar-refractivity contribution in [3.8, 4) is 0 Å². The summed E-state index contributed by atoms with van der Waals surface area (Å²) in [6, 6.07) is 0. The zero-order chi connectivity index (χ0) is 7.40. The van der Waals surface area contributed by atoms with Gasteiger partial charge in [-0.25, -0.2) is 11.6 Å². The van der Waals surface area contributed by atoms with E-state index < -0.39 is 0 Å². The molecular weight excluding hydrogens is 282 g/mol. The van der Waals surface area contributed by atoms with Gasteiger partial charge in [-0.3, -0.25) is 6.08 Å². The topological polar surface area (TPSA) is 0 Å². The van der Waals surface area contributed by atoms with E-state index in [9.17, 15) is 0 Å². The molecule has 73 valence electrons. The van der Waals surface area contributed by atoms with Crippen molar-refractivity contribution in [2.24, 2.45) is 0 Å². The zero-order valence-corrected chi connectivity index (χ0v) is 12.1. The van der Waals surface area contributed by atoms with Crippen molar-refractivity contribution < 1.29 is 51.0 Å². The Balaban J connectivity index is -0.000000333. The number of allylic oxidation sites excluding steroid dienone is 4. The summed E-state index contributed by atoms with van der Waals surface area (Å²) in [6.07, 6.45) is 10.4. The van der Waals surface area contributed by atoms with Crippen LogP contribution in [0.3, 0.4) is 0 Å². The van der Waals surface area contributed by atoms with Crippen LogP contribution in [0.25, 0.3) is 0 Å². The van der Waals surface area contributed by atoms with Crippen LogP contribution in [-0.2, 0) is 26.2 Å². The Morgan fingerprint density at radius 1 is 1.38 bits per heavy atom. The summed E-state index contributed by atoms with van der Waals surface area (Å²) in [5.41, 5.74) is 3.05. The van der Waals surface area contributed by atoms with E-state index in [-0.39, 0.29) is 51.0 Å². The summed E-state index contributed by atoms with van der Waals surface area (Å²) in [5.74, 6) is 0. The molecule has 1 aliphatic carbocycles. The van der Waals surface area contributed by atoms with E-state index in [4.69, 9.17) is 0 Å². The monoisotopic (exact) mass is 295 g/mol. The fourth-order valence-corrected chi connectivity index (χ4v) is 1.24. The van der Waals surface area contributed by atoms with Gasteiger partial charge in [0, 0.05) is 0 Å². The van der Waals surface area contributed by atoms with Gasteiger partial charge in [0.05, 0.1) is 0 Å². The fourth-order valence-electron chi connectivity index (χ4n) is 1.24. The van der Waals surface area contributed by atoms with E-state index in [2.05, 4.69) is 26.0 Å². The van der Waals surface area contributed by atoms with Crippen LogP contribution in [0.15, 0.2) is 17.2 Å². The van der Waals surface area contributed by atoms with Gasteiger partial charge in [-0.1, -0.05) is 19.8 Å². The number of rotatable bonds is 3. The largest absolute Gasteiger partial charge is 3.00 e. The van der Waals surface area contributed by atoms with Gasteiger partial charge in [-0.15, -0.1) is 13.3 Å². The molecular formula is C10H15Cl2Zr. The summed E-state index contributed by atoms with van der Waals surface area (Å²) < 4.78 is 0. The molecule has 1 aliphatic rings. The van der Waals surface area contributed by atoms with Crippen LogP contribution in [0.2, 0.25) is 0 Å². The van der Waals surface area contributed by atoms with Crippen molar-refractivity contribution in [3.05, 3.63) is 23.3 Å². The van der Waals surface area contributed by atoms with Gasteiger partial charge in [-0.05, 0) is 6.42 Å². The van der Waals surface area contributed by atoms with Crippen molar-refractivity contribution in [3.63, 3.8) is 0 Å². The predicted molar refractivity (Wildman–Crippen MR) is 44.7 cm³/mol. The van der Waals surface area contributed by atoms with Gasteiger partial charge in [0.25, 0.3) is 0 Å². The van der Waals surface area contributed by atoms with Crippen LogP contribution >= 0.6 is 0 Å². The molecule has 0 saturated heterocycles. The molecule has 0 fully saturated rings. The minimum atomic E-state index is 0. The molecule has 0 amide bonds. The summed E-state index contributed by atoms with van der Waals surface area (Å²) in [6.45, 7) is 4.42. The number of hydrogen-bond donors (Lipinski definition) is 0. The van der Waals surface area contributed by atoms with Crippen molar-refractivity contribution in [1.82, 2.24) is 0 Å². The second kappa shape index (κ2) is 11.0. The summed E-state index contributed by atoms with van der Waals surface area (Å²) >= 11 is 0. The predicted octanol–water partition coefficient (Wildman–Crippen LogP) is -2.74. The van der Waals surface area contributed by atoms with E-state index in [1.54, 1.807) is 5.57 Å². The number of halogens is 2.